The van der Waals surface area contributed by atoms with Crippen LogP contribution in [0.2, 0.25) is 0 Å². The van der Waals surface area contributed by atoms with Crippen LogP contribution in [0.5, 0.6) is 0 Å². The summed E-state index contributed by atoms with van der Waals surface area (Å²) in [6, 6.07) is 0.839. The predicted octanol–water partition coefficient (Wildman–Crippen LogP) is 0.546. The lowest BCUT2D eigenvalue weighted by Gasteiger charge is -2.42. The molecule has 2 heteroatoms. The first kappa shape index (κ1) is 7.56. The fraction of sp³-hybridized carbons (Fsp3) is 1.00. The highest BCUT2D eigenvalue weighted by atomic mass is 15.2. The third-order valence-electron chi connectivity index (χ3n) is 3.04. The highest BCUT2D eigenvalue weighted by molar-refractivity contribution is 4.91. The third-order valence-corrected chi connectivity index (χ3v) is 3.04. The van der Waals surface area contributed by atoms with E-state index < -0.39 is 0 Å². The Kier molecular flexibility index (Phi) is 1.90. The molecule has 2 saturated heterocycles. The second-order valence-corrected chi connectivity index (χ2v) is 4.26. The van der Waals surface area contributed by atoms with Crippen LogP contribution in [0.3, 0.4) is 0 Å². The number of nitrogens with one attached hydrogen (secondary N) is 1. The van der Waals surface area contributed by atoms with E-state index in [0.717, 1.165) is 17.9 Å². The zero-order chi connectivity index (χ0) is 7.84. The van der Waals surface area contributed by atoms with Gasteiger partial charge in [0.15, 0.2) is 0 Å². The molecule has 2 nitrogen and oxygen atoms in total. The van der Waals surface area contributed by atoms with Crippen molar-refractivity contribution >= 4 is 0 Å². The van der Waals surface area contributed by atoms with E-state index >= 15 is 0 Å². The summed E-state index contributed by atoms with van der Waals surface area (Å²) in [5.74, 6) is 1.81. The van der Waals surface area contributed by atoms with Crippen LogP contribution in [-0.4, -0.2) is 37.1 Å². The molecule has 2 fully saturated rings. The summed E-state index contributed by atoms with van der Waals surface area (Å²) in [6.45, 7) is 9.79. The van der Waals surface area contributed by atoms with Crippen LogP contribution in [0.25, 0.3) is 0 Å². The minimum atomic E-state index is 0.839. The van der Waals surface area contributed by atoms with E-state index in [0.29, 0.717) is 0 Å². The molecule has 0 amide bonds. The van der Waals surface area contributed by atoms with Gasteiger partial charge in [-0.15, -0.1) is 0 Å². The lowest BCUT2D eigenvalue weighted by atomic mass is 9.95. The SMILES string of the molecule is CC1CN(C2CNCC2C)C1. The van der Waals surface area contributed by atoms with Crippen LogP contribution in [0, 0.1) is 11.8 Å². The van der Waals surface area contributed by atoms with E-state index in [1.165, 1.54) is 26.2 Å². The molecule has 1 N–H and O–H groups in total. The maximum atomic E-state index is 3.44. The molecule has 2 aliphatic rings. The summed E-state index contributed by atoms with van der Waals surface area (Å²) in [5, 5.41) is 3.44. The molecular formula is C9H18N2. The van der Waals surface area contributed by atoms with E-state index in [4.69, 9.17) is 0 Å². The monoisotopic (exact) mass is 154 g/mol. The Balaban J connectivity index is 1.85. The molecule has 0 saturated carbocycles. The average molecular weight is 154 g/mol. The maximum Gasteiger partial charge on any atom is 0.0258 e. The smallest absolute Gasteiger partial charge is 0.0258 e. The first-order valence-electron chi connectivity index (χ1n) is 4.72. The molecule has 0 spiro atoms. The Labute approximate surface area is 69.0 Å². The summed E-state index contributed by atoms with van der Waals surface area (Å²) in [6.07, 6.45) is 0. The molecule has 0 bridgehead atoms. The lowest BCUT2D eigenvalue weighted by molar-refractivity contribution is 0.0543. The predicted molar refractivity (Wildman–Crippen MR) is 46.6 cm³/mol. The van der Waals surface area contributed by atoms with Crippen molar-refractivity contribution in [3.05, 3.63) is 0 Å². The van der Waals surface area contributed by atoms with Crippen molar-refractivity contribution in [2.75, 3.05) is 26.2 Å². The van der Waals surface area contributed by atoms with Crippen molar-refractivity contribution in [3.8, 4) is 0 Å². The number of rotatable bonds is 1. The van der Waals surface area contributed by atoms with Gasteiger partial charge in [-0.1, -0.05) is 13.8 Å². The quantitative estimate of drug-likeness (QED) is 0.593. The van der Waals surface area contributed by atoms with Gasteiger partial charge in [0, 0.05) is 25.7 Å². The molecule has 0 aromatic rings. The Morgan fingerprint density at radius 3 is 2.36 bits per heavy atom. The lowest BCUT2D eigenvalue weighted by Crippen LogP contribution is -2.53. The third kappa shape index (κ3) is 1.30. The van der Waals surface area contributed by atoms with Gasteiger partial charge in [0.1, 0.15) is 0 Å². The van der Waals surface area contributed by atoms with Crippen LogP contribution in [0.15, 0.2) is 0 Å². The van der Waals surface area contributed by atoms with E-state index in [9.17, 15) is 0 Å². The molecule has 2 heterocycles. The van der Waals surface area contributed by atoms with Crippen molar-refractivity contribution in [2.24, 2.45) is 11.8 Å². The maximum absolute atomic E-state index is 3.44. The summed E-state index contributed by atoms with van der Waals surface area (Å²) in [5.41, 5.74) is 0. The molecule has 2 aliphatic heterocycles. The normalized spacial score (nSPS) is 40.9. The summed E-state index contributed by atoms with van der Waals surface area (Å²) >= 11 is 0. The summed E-state index contributed by atoms with van der Waals surface area (Å²) in [4.78, 5) is 2.62. The summed E-state index contributed by atoms with van der Waals surface area (Å²) in [7, 11) is 0. The van der Waals surface area contributed by atoms with Gasteiger partial charge in [-0.25, -0.2) is 0 Å². The molecule has 0 aromatic carbocycles. The molecule has 11 heavy (non-hydrogen) atoms. The fourth-order valence-corrected chi connectivity index (χ4v) is 2.30. The largest absolute Gasteiger partial charge is 0.315 e. The number of hydrogen-bond acceptors (Lipinski definition) is 2. The number of likely N-dealkylation sites (tertiary alicyclic amines) is 1. The van der Waals surface area contributed by atoms with Gasteiger partial charge in [0.25, 0.3) is 0 Å². The Morgan fingerprint density at radius 1 is 1.18 bits per heavy atom. The van der Waals surface area contributed by atoms with Gasteiger partial charge >= 0.3 is 0 Å². The molecule has 0 aromatic heterocycles. The van der Waals surface area contributed by atoms with Crippen molar-refractivity contribution < 1.29 is 0 Å². The Bertz CT molecular complexity index is 140. The van der Waals surface area contributed by atoms with E-state index in [1.54, 1.807) is 0 Å². The summed E-state index contributed by atoms with van der Waals surface area (Å²) < 4.78 is 0. The average Bonchev–Trinajstić information content (AvgIpc) is 2.29. The molecular weight excluding hydrogens is 136 g/mol. The van der Waals surface area contributed by atoms with Crippen LogP contribution in [0.1, 0.15) is 13.8 Å². The van der Waals surface area contributed by atoms with Crippen LogP contribution < -0.4 is 5.32 Å². The fourth-order valence-electron chi connectivity index (χ4n) is 2.30. The molecule has 0 aliphatic carbocycles. The number of hydrogen-bond donors (Lipinski definition) is 1. The first-order chi connectivity index (χ1) is 5.27. The van der Waals surface area contributed by atoms with Gasteiger partial charge in [-0.3, -0.25) is 4.90 Å². The molecule has 2 rings (SSSR count). The molecule has 2 atom stereocenters. The second kappa shape index (κ2) is 2.76. The van der Waals surface area contributed by atoms with E-state index in [-0.39, 0.29) is 0 Å². The van der Waals surface area contributed by atoms with Crippen molar-refractivity contribution in [2.45, 2.75) is 19.9 Å². The zero-order valence-electron chi connectivity index (χ0n) is 7.51. The van der Waals surface area contributed by atoms with Crippen molar-refractivity contribution in [3.63, 3.8) is 0 Å². The number of nitrogens with zero attached hydrogens (tertiary/aromatic N) is 1. The first-order valence-corrected chi connectivity index (χ1v) is 4.72. The van der Waals surface area contributed by atoms with Gasteiger partial charge in [-0.2, -0.15) is 0 Å². The van der Waals surface area contributed by atoms with E-state index in [2.05, 4.69) is 24.1 Å². The van der Waals surface area contributed by atoms with Gasteiger partial charge in [-0.05, 0) is 18.4 Å². The van der Waals surface area contributed by atoms with Crippen LogP contribution in [-0.2, 0) is 0 Å². The second-order valence-electron chi connectivity index (χ2n) is 4.26. The Morgan fingerprint density at radius 2 is 1.91 bits per heavy atom. The van der Waals surface area contributed by atoms with Gasteiger partial charge in [0.2, 0.25) is 0 Å². The highest BCUT2D eigenvalue weighted by Gasteiger charge is 2.34. The molecule has 2 unspecified atom stereocenters. The zero-order valence-corrected chi connectivity index (χ0v) is 7.51. The van der Waals surface area contributed by atoms with E-state index in [1.807, 2.05) is 0 Å². The minimum Gasteiger partial charge on any atom is -0.315 e. The molecule has 0 radical (unpaired) electrons. The van der Waals surface area contributed by atoms with Crippen LogP contribution >= 0.6 is 0 Å². The topological polar surface area (TPSA) is 15.3 Å². The minimum absolute atomic E-state index is 0.839. The highest BCUT2D eigenvalue weighted by Crippen LogP contribution is 2.23. The van der Waals surface area contributed by atoms with Crippen LogP contribution in [0.4, 0.5) is 0 Å². The van der Waals surface area contributed by atoms with Crippen molar-refractivity contribution in [1.82, 2.24) is 10.2 Å². The van der Waals surface area contributed by atoms with Gasteiger partial charge in [0.05, 0.1) is 0 Å². The van der Waals surface area contributed by atoms with Crippen molar-refractivity contribution in [1.29, 1.82) is 0 Å². The standard InChI is InChI=1S/C9H18N2/c1-7-5-11(6-7)9-4-10-3-8(9)2/h7-10H,3-6H2,1-2H3. The Hall–Kier alpha value is -0.0800. The van der Waals surface area contributed by atoms with Gasteiger partial charge < -0.3 is 5.32 Å². The molecule has 64 valence electrons.